The Morgan fingerprint density at radius 1 is 0.951 bits per heavy atom. The number of primary amides is 1. The standard InChI is InChI=1S/C30H32N6O3S2/c1-18-24(16-34(2)3)40-29(32-18)30(39)36-12-11-22-21(9-6-10-23(22)36)19-7-5-8-20(15-19)26-25(17-35(4)13-14-37)41-28(33-26)27(31)38/h5-12,15,37H,13-14,16-17H2,1-4H3,(H2,31,38). The minimum atomic E-state index is -0.566. The van der Waals surface area contributed by atoms with E-state index < -0.39 is 5.91 Å². The van der Waals surface area contributed by atoms with E-state index in [4.69, 9.17) is 5.73 Å². The Labute approximate surface area is 246 Å². The molecule has 0 aliphatic carbocycles. The molecule has 11 heteroatoms. The van der Waals surface area contributed by atoms with Gasteiger partial charge >= 0.3 is 0 Å². The van der Waals surface area contributed by atoms with Gasteiger partial charge in [-0.2, -0.15) is 0 Å². The maximum atomic E-state index is 13.5. The third kappa shape index (κ3) is 5.99. The molecule has 3 heterocycles. The number of nitrogens with zero attached hydrogens (tertiary/aromatic N) is 5. The van der Waals surface area contributed by atoms with Crippen molar-refractivity contribution < 1.29 is 14.7 Å². The predicted molar refractivity (Wildman–Crippen MR) is 164 cm³/mol. The highest BCUT2D eigenvalue weighted by molar-refractivity contribution is 7.14. The number of carbonyl (C=O) groups is 2. The predicted octanol–water partition coefficient (Wildman–Crippen LogP) is 4.47. The second kappa shape index (κ2) is 12.0. The van der Waals surface area contributed by atoms with Crippen LogP contribution in [-0.2, 0) is 13.1 Å². The molecule has 0 radical (unpaired) electrons. The van der Waals surface area contributed by atoms with E-state index in [0.29, 0.717) is 23.8 Å². The fraction of sp³-hybridized carbons (Fsp3) is 0.267. The number of thiazole rings is 2. The number of benzene rings is 2. The third-order valence-electron chi connectivity index (χ3n) is 6.74. The molecule has 0 aliphatic heterocycles. The highest BCUT2D eigenvalue weighted by Crippen LogP contribution is 2.35. The van der Waals surface area contributed by atoms with Gasteiger partial charge in [-0.15, -0.1) is 22.7 Å². The van der Waals surface area contributed by atoms with Crippen molar-refractivity contribution in [3.63, 3.8) is 0 Å². The van der Waals surface area contributed by atoms with E-state index in [1.807, 2.05) is 81.5 Å². The number of aliphatic hydroxyl groups excluding tert-OH is 1. The first-order valence-electron chi connectivity index (χ1n) is 13.1. The first-order valence-corrected chi connectivity index (χ1v) is 14.7. The highest BCUT2D eigenvalue weighted by atomic mass is 32.1. The first kappa shape index (κ1) is 28.8. The summed E-state index contributed by atoms with van der Waals surface area (Å²) in [4.78, 5) is 40.6. The van der Waals surface area contributed by atoms with Crippen molar-refractivity contribution in [2.24, 2.45) is 5.73 Å². The molecule has 3 N–H and O–H groups in total. The quantitative estimate of drug-likeness (QED) is 0.247. The molecule has 2 aromatic carbocycles. The summed E-state index contributed by atoms with van der Waals surface area (Å²) >= 11 is 2.71. The van der Waals surface area contributed by atoms with Gasteiger partial charge < -0.3 is 15.7 Å². The molecule has 9 nitrogen and oxygen atoms in total. The third-order valence-corrected chi connectivity index (χ3v) is 8.92. The van der Waals surface area contributed by atoms with Crippen molar-refractivity contribution in [3.8, 4) is 22.4 Å². The summed E-state index contributed by atoms with van der Waals surface area (Å²) in [6, 6.07) is 15.9. The van der Waals surface area contributed by atoms with Gasteiger partial charge in [-0.25, -0.2) is 9.97 Å². The van der Waals surface area contributed by atoms with Gasteiger partial charge in [0.2, 0.25) is 0 Å². The number of carbonyl (C=O) groups excluding carboxylic acids is 2. The molecule has 0 aliphatic rings. The molecule has 0 spiro atoms. The number of aryl methyl sites for hydroxylation is 1. The second-order valence-electron chi connectivity index (χ2n) is 10.2. The van der Waals surface area contributed by atoms with Crippen LogP contribution in [0.4, 0.5) is 0 Å². The highest BCUT2D eigenvalue weighted by Gasteiger charge is 2.21. The van der Waals surface area contributed by atoms with Crippen LogP contribution in [0.1, 0.15) is 35.1 Å². The topological polar surface area (TPSA) is 118 Å². The van der Waals surface area contributed by atoms with Gasteiger partial charge in [-0.3, -0.25) is 19.1 Å². The summed E-state index contributed by atoms with van der Waals surface area (Å²) in [5.41, 5.74) is 10.7. The van der Waals surface area contributed by atoms with Gasteiger partial charge in [-0.1, -0.05) is 30.3 Å². The summed E-state index contributed by atoms with van der Waals surface area (Å²) in [6.45, 7) is 3.74. The molecular formula is C30H32N6O3S2. The van der Waals surface area contributed by atoms with E-state index in [9.17, 15) is 14.7 Å². The number of amides is 1. The van der Waals surface area contributed by atoms with Crippen molar-refractivity contribution in [1.82, 2.24) is 24.3 Å². The number of aliphatic hydroxyl groups is 1. The molecule has 0 saturated heterocycles. The van der Waals surface area contributed by atoms with Crippen molar-refractivity contribution in [2.45, 2.75) is 20.0 Å². The molecule has 0 saturated carbocycles. The average molecular weight is 589 g/mol. The largest absolute Gasteiger partial charge is 0.395 e. The van der Waals surface area contributed by atoms with E-state index in [0.717, 1.165) is 49.6 Å². The Bertz CT molecular complexity index is 1740. The maximum absolute atomic E-state index is 13.5. The van der Waals surface area contributed by atoms with E-state index in [2.05, 4.69) is 14.9 Å². The second-order valence-corrected chi connectivity index (χ2v) is 12.4. The Balaban J connectivity index is 1.52. The van der Waals surface area contributed by atoms with Crippen LogP contribution >= 0.6 is 22.7 Å². The van der Waals surface area contributed by atoms with Gasteiger partial charge in [0, 0.05) is 46.5 Å². The van der Waals surface area contributed by atoms with Crippen molar-refractivity contribution in [3.05, 3.63) is 80.2 Å². The lowest BCUT2D eigenvalue weighted by atomic mass is 9.98. The van der Waals surface area contributed by atoms with Crippen molar-refractivity contribution >= 4 is 45.4 Å². The van der Waals surface area contributed by atoms with Crippen LogP contribution in [0.25, 0.3) is 33.3 Å². The van der Waals surface area contributed by atoms with Crippen LogP contribution in [0.2, 0.25) is 0 Å². The average Bonchev–Trinajstić information content (AvgIpc) is 3.65. The molecule has 0 fully saturated rings. The summed E-state index contributed by atoms with van der Waals surface area (Å²) < 4.78 is 1.66. The molecule has 0 atom stereocenters. The van der Waals surface area contributed by atoms with E-state index in [-0.39, 0.29) is 17.5 Å². The molecule has 0 bridgehead atoms. The van der Waals surface area contributed by atoms with Crippen LogP contribution in [0.15, 0.2) is 54.7 Å². The van der Waals surface area contributed by atoms with Gasteiger partial charge in [0.15, 0.2) is 10.0 Å². The molecular weight excluding hydrogens is 557 g/mol. The zero-order valence-electron chi connectivity index (χ0n) is 23.4. The summed E-state index contributed by atoms with van der Waals surface area (Å²) in [6.07, 6.45) is 1.80. The molecule has 212 valence electrons. The monoisotopic (exact) mass is 588 g/mol. The smallest absolute Gasteiger partial charge is 0.291 e. The first-order chi connectivity index (χ1) is 19.7. The zero-order chi connectivity index (χ0) is 29.3. The summed E-state index contributed by atoms with van der Waals surface area (Å²) in [7, 11) is 5.90. The number of hydrogen-bond donors (Lipinski definition) is 2. The van der Waals surface area contributed by atoms with E-state index in [1.54, 1.807) is 10.8 Å². The van der Waals surface area contributed by atoms with Gasteiger partial charge in [0.25, 0.3) is 11.8 Å². The van der Waals surface area contributed by atoms with E-state index >= 15 is 0 Å². The van der Waals surface area contributed by atoms with Gasteiger partial charge in [0.05, 0.1) is 23.5 Å². The number of likely N-dealkylation sites (N-methyl/N-ethyl adjacent to an activating group) is 1. The Kier molecular flexibility index (Phi) is 8.43. The number of nitrogens with two attached hydrogens (primary N) is 1. The Hall–Kier alpha value is -3.74. The number of fused-ring (bicyclic) bond motifs is 1. The minimum Gasteiger partial charge on any atom is -0.395 e. The summed E-state index contributed by atoms with van der Waals surface area (Å²) in [5, 5.41) is 11.0. The molecule has 0 unspecified atom stereocenters. The Morgan fingerprint density at radius 3 is 2.41 bits per heavy atom. The van der Waals surface area contributed by atoms with Crippen LogP contribution in [0.3, 0.4) is 0 Å². The van der Waals surface area contributed by atoms with E-state index in [1.165, 1.54) is 22.7 Å². The number of aromatic nitrogens is 3. The fourth-order valence-corrected chi connectivity index (χ4v) is 6.91. The maximum Gasteiger partial charge on any atom is 0.291 e. The molecule has 1 amide bonds. The van der Waals surface area contributed by atoms with Crippen LogP contribution in [0.5, 0.6) is 0 Å². The molecule has 3 aromatic heterocycles. The van der Waals surface area contributed by atoms with Crippen molar-refractivity contribution in [2.75, 3.05) is 34.3 Å². The van der Waals surface area contributed by atoms with Crippen LogP contribution < -0.4 is 5.73 Å². The van der Waals surface area contributed by atoms with Gasteiger partial charge in [-0.05, 0) is 57.4 Å². The van der Waals surface area contributed by atoms with Crippen LogP contribution in [0, 0.1) is 6.92 Å². The lowest BCUT2D eigenvalue weighted by Gasteiger charge is -2.14. The lowest BCUT2D eigenvalue weighted by Crippen LogP contribution is -2.21. The van der Waals surface area contributed by atoms with Crippen LogP contribution in [-0.4, -0.2) is 75.6 Å². The Morgan fingerprint density at radius 2 is 1.68 bits per heavy atom. The minimum absolute atomic E-state index is 0.0361. The normalized spacial score (nSPS) is 11.7. The molecule has 5 aromatic rings. The number of rotatable bonds is 10. The van der Waals surface area contributed by atoms with Gasteiger partial charge in [0.1, 0.15) is 0 Å². The zero-order valence-corrected chi connectivity index (χ0v) is 25.1. The molecule has 41 heavy (non-hydrogen) atoms. The lowest BCUT2D eigenvalue weighted by molar-refractivity contribution is 0.0962. The molecule has 5 rings (SSSR count). The SMILES string of the molecule is Cc1nc(C(=O)n2ccc3c(-c4cccc(-c5nc(C(N)=O)sc5CN(C)CCO)c4)cccc32)sc1CN(C)C. The number of hydrogen-bond acceptors (Lipinski definition) is 9. The summed E-state index contributed by atoms with van der Waals surface area (Å²) in [5.74, 6) is -0.717. The van der Waals surface area contributed by atoms with Crippen molar-refractivity contribution in [1.29, 1.82) is 0 Å². The fourth-order valence-electron chi connectivity index (χ4n) is 4.77.